The van der Waals surface area contributed by atoms with E-state index in [9.17, 15) is 9.59 Å². The van der Waals surface area contributed by atoms with E-state index in [0.717, 1.165) is 76.7 Å². The number of aromatic amines is 2. The molecule has 10 nitrogen and oxygen atoms in total. The summed E-state index contributed by atoms with van der Waals surface area (Å²) >= 11 is 0. The van der Waals surface area contributed by atoms with Gasteiger partial charge in [0.05, 0.1) is 29.8 Å². The first-order valence-corrected chi connectivity index (χ1v) is 17.2. The molecule has 1 saturated heterocycles. The number of nitrogens with one attached hydrogen (secondary N) is 2. The third-order valence-electron chi connectivity index (χ3n) is 10.1. The van der Waals surface area contributed by atoms with Crippen molar-refractivity contribution in [3.8, 4) is 33.6 Å². The molecule has 0 radical (unpaired) electrons. The molecule has 2 amide bonds. The van der Waals surface area contributed by atoms with Crippen molar-refractivity contribution in [3.05, 3.63) is 83.8 Å². The molecule has 4 atom stereocenters. The Morgan fingerprint density at radius 2 is 1.22 bits per heavy atom. The number of benzene rings is 2. The molecular formula is C39H44N6O4. The lowest BCUT2D eigenvalue weighted by Crippen LogP contribution is -2.38. The second kappa shape index (κ2) is 10.8. The molecule has 2 aliphatic carbocycles. The fourth-order valence-electron chi connectivity index (χ4n) is 7.46. The Balaban J connectivity index is 0.942. The molecule has 10 heteroatoms. The molecule has 0 bridgehead atoms. The van der Waals surface area contributed by atoms with Gasteiger partial charge in [-0.25, -0.2) is 19.6 Å². The van der Waals surface area contributed by atoms with Crippen LogP contribution in [-0.2, 0) is 9.47 Å². The quantitative estimate of drug-likeness (QED) is 0.221. The molecule has 1 saturated carbocycles. The maximum atomic E-state index is 13.2. The molecule has 0 unspecified atom stereocenters. The molecule has 49 heavy (non-hydrogen) atoms. The SMILES string of the molecule is CC(C)(C)OC(=O)N1C2=C(C2)C[C@H]1c1ncc(-c2ccc(-c3ccc(-c4cnc([C@@H]5C[C@@]6(C)C[C@@H]6N5C(=O)OC(C)(C)C)[nH]4)cc3)cc2)[nH]1. The van der Waals surface area contributed by atoms with E-state index in [-0.39, 0.29) is 35.7 Å². The number of amides is 2. The van der Waals surface area contributed by atoms with Crippen molar-refractivity contribution in [1.82, 2.24) is 29.7 Å². The summed E-state index contributed by atoms with van der Waals surface area (Å²) in [6.45, 7) is 13.6. The fourth-order valence-corrected chi connectivity index (χ4v) is 7.46. The van der Waals surface area contributed by atoms with Gasteiger partial charge in [-0.1, -0.05) is 55.5 Å². The Hall–Kier alpha value is -4.86. The number of allylic oxidation sites excluding steroid dienone is 1. The van der Waals surface area contributed by atoms with Gasteiger partial charge in [0.25, 0.3) is 0 Å². The number of carbonyl (C=O) groups excluding carboxylic acids is 2. The number of imidazole rings is 2. The van der Waals surface area contributed by atoms with Crippen molar-refractivity contribution in [2.75, 3.05) is 0 Å². The van der Waals surface area contributed by atoms with Gasteiger partial charge in [-0.2, -0.15) is 0 Å². The summed E-state index contributed by atoms with van der Waals surface area (Å²) in [5.41, 5.74) is 7.50. The summed E-state index contributed by atoms with van der Waals surface area (Å²) in [5.74, 6) is 1.57. The Bertz CT molecular complexity index is 1980. The first kappa shape index (κ1) is 31.4. The summed E-state index contributed by atoms with van der Waals surface area (Å²) in [6.07, 6.45) is 6.68. The van der Waals surface area contributed by atoms with Gasteiger partial charge in [0.15, 0.2) is 0 Å². The number of ether oxygens (including phenoxy) is 2. The van der Waals surface area contributed by atoms with E-state index >= 15 is 0 Å². The highest BCUT2D eigenvalue weighted by atomic mass is 16.6. The fraction of sp³-hybridized carbons (Fsp3) is 0.436. The number of hydrogen-bond acceptors (Lipinski definition) is 6. The number of piperidine rings is 2. The Kier molecular flexibility index (Phi) is 6.94. The molecule has 4 heterocycles. The molecular weight excluding hydrogens is 616 g/mol. The molecule has 2 N–H and O–H groups in total. The average molecular weight is 661 g/mol. The largest absolute Gasteiger partial charge is 0.444 e. The lowest BCUT2D eigenvalue weighted by Gasteiger charge is -2.29. The van der Waals surface area contributed by atoms with Gasteiger partial charge >= 0.3 is 12.2 Å². The summed E-state index contributed by atoms with van der Waals surface area (Å²) in [4.78, 5) is 46.2. The van der Waals surface area contributed by atoms with Crippen LogP contribution in [0.5, 0.6) is 0 Å². The van der Waals surface area contributed by atoms with E-state index in [2.05, 4.69) is 70.4 Å². The van der Waals surface area contributed by atoms with Gasteiger partial charge in [-0.15, -0.1) is 0 Å². The van der Waals surface area contributed by atoms with Crippen LogP contribution in [-0.4, -0.2) is 59.2 Å². The molecule has 4 aromatic rings. The lowest BCUT2D eigenvalue weighted by molar-refractivity contribution is 0.0173. The van der Waals surface area contributed by atoms with Crippen LogP contribution in [0.25, 0.3) is 33.6 Å². The third-order valence-corrected chi connectivity index (χ3v) is 10.1. The standard InChI is InChI=1S/C39H44N6O4/c1-37(2,3)48-35(46)44-29-16-26(29)17-30(44)33-40-20-27(42-33)24-12-8-22(9-13-24)23-10-14-25(15-11-23)28-21-41-34(43-28)31-18-39(7)19-32(39)45(31)36(47)49-38(4,5)6/h8-15,20-21,30-32H,16-19H2,1-7H3,(H,40,42)(H,41,43)/t30-,31-,32-,39-/m0/s1. The van der Waals surface area contributed by atoms with Crippen LogP contribution in [0.4, 0.5) is 9.59 Å². The Labute approximate surface area is 286 Å². The average Bonchev–Trinajstić information content (AvgIpc) is 3.56. The van der Waals surface area contributed by atoms with Gasteiger partial charge in [-0.3, -0.25) is 9.80 Å². The Morgan fingerprint density at radius 3 is 1.76 bits per heavy atom. The summed E-state index contributed by atoms with van der Waals surface area (Å²) < 4.78 is 11.5. The monoisotopic (exact) mass is 660 g/mol. The van der Waals surface area contributed by atoms with E-state index in [1.807, 2.05) is 58.8 Å². The molecule has 0 spiro atoms. The van der Waals surface area contributed by atoms with Crippen molar-refractivity contribution in [2.45, 2.75) is 103 Å². The predicted molar refractivity (Wildman–Crippen MR) is 186 cm³/mol. The van der Waals surface area contributed by atoms with E-state index in [1.165, 1.54) is 5.57 Å². The van der Waals surface area contributed by atoms with Crippen molar-refractivity contribution < 1.29 is 19.1 Å². The highest BCUT2D eigenvalue weighted by Gasteiger charge is 2.64. The highest BCUT2D eigenvalue weighted by Crippen LogP contribution is 2.63. The van der Waals surface area contributed by atoms with Gasteiger partial charge in [0, 0.05) is 18.2 Å². The van der Waals surface area contributed by atoms with E-state index in [4.69, 9.17) is 14.5 Å². The van der Waals surface area contributed by atoms with Gasteiger partial charge in [-0.05, 0) is 94.0 Å². The lowest BCUT2D eigenvalue weighted by atomic mass is 10.0. The first-order chi connectivity index (χ1) is 23.2. The zero-order chi connectivity index (χ0) is 34.5. The number of carbonyl (C=O) groups is 2. The van der Waals surface area contributed by atoms with Gasteiger partial charge in [0.2, 0.25) is 0 Å². The zero-order valence-electron chi connectivity index (χ0n) is 29.3. The van der Waals surface area contributed by atoms with E-state index < -0.39 is 11.2 Å². The van der Waals surface area contributed by atoms with Crippen LogP contribution in [0.15, 0.2) is 72.2 Å². The molecule has 2 aliphatic heterocycles. The number of fused-ring (bicyclic) bond motifs is 1. The van der Waals surface area contributed by atoms with Crippen LogP contribution >= 0.6 is 0 Å². The van der Waals surface area contributed by atoms with E-state index in [0.29, 0.717) is 0 Å². The maximum Gasteiger partial charge on any atom is 0.415 e. The number of H-pyrrole nitrogens is 2. The van der Waals surface area contributed by atoms with Gasteiger partial charge in [0.1, 0.15) is 28.9 Å². The highest BCUT2D eigenvalue weighted by molar-refractivity contribution is 5.75. The molecule has 2 aromatic carbocycles. The maximum absolute atomic E-state index is 13.2. The topological polar surface area (TPSA) is 116 Å². The van der Waals surface area contributed by atoms with Crippen molar-refractivity contribution in [1.29, 1.82) is 0 Å². The van der Waals surface area contributed by atoms with Crippen LogP contribution in [0.3, 0.4) is 0 Å². The third kappa shape index (κ3) is 5.91. The van der Waals surface area contributed by atoms with Crippen LogP contribution < -0.4 is 0 Å². The number of rotatable bonds is 5. The predicted octanol–water partition coefficient (Wildman–Crippen LogP) is 8.93. The summed E-state index contributed by atoms with van der Waals surface area (Å²) in [6, 6.07) is 16.7. The molecule has 4 aliphatic rings. The number of nitrogens with zero attached hydrogens (tertiary/aromatic N) is 4. The summed E-state index contributed by atoms with van der Waals surface area (Å²) in [7, 11) is 0. The minimum Gasteiger partial charge on any atom is -0.444 e. The van der Waals surface area contributed by atoms with Crippen LogP contribution in [0.1, 0.15) is 97.9 Å². The minimum absolute atomic E-state index is 0.124. The van der Waals surface area contributed by atoms with Crippen molar-refractivity contribution in [2.24, 2.45) is 5.41 Å². The Morgan fingerprint density at radius 1 is 0.735 bits per heavy atom. The smallest absolute Gasteiger partial charge is 0.415 e. The molecule has 8 rings (SSSR count). The second-order valence-corrected chi connectivity index (χ2v) is 16.3. The number of likely N-dealkylation sites (tertiary alicyclic amines) is 2. The van der Waals surface area contributed by atoms with Gasteiger partial charge < -0.3 is 19.4 Å². The van der Waals surface area contributed by atoms with E-state index in [1.54, 1.807) is 4.90 Å². The minimum atomic E-state index is -0.556. The van der Waals surface area contributed by atoms with Crippen LogP contribution in [0, 0.1) is 5.41 Å². The first-order valence-electron chi connectivity index (χ1n) is 17.2. The molecule has 254 valence electrons. The van der Waals surface area contributed by atoms with Crippen LogP contribution in [0.2, 0.25) is 0 Å². The van der Waals surface area contributed by atoms with Crippen molar-refractivity contribution in [3.63, 3.8) is 0 Å². The normalized spacial score (nSPS) is 24.2. The number of aromatic nitrogens is 4. The zero-order valence-corrected chi connectivity index (χ0v) is 29.3. The summed E-state index contributed by atoms with van der Waals surface area (Å²) in [5, 5.41) is 0. The number of hydrogen-bond donors (Lipinski definition) is 2. The second-order valence-electron chi connectivity index (χ2n) is 16.3. The van der Waals surface area contributed by atoms with Crippen molar-refractivity contribution >= 4 is 12.2 Å². The molecule has 2 fully saturated rings. The molecule has 2 aromatic heterocycles.